The quantitative estimate of drug-likeness (QED) is 0.391. The van der Waals surface area contributed by atoms with Gasteiger partial charge in [-0.25, -0.2) is 4.98 Å². The summed E-state index contributed by atoms with van der Waals surface area (Å²) in [5.41, 5.74) is 10.5. The second kappa shape index (κ2) is 12.8. The van der Waals surface area contributed by atoms with Crippen LogP contribution < -0.4 is 15.8 Å². The molecule has 5 rings (SSSR count). The van der Waals surface area contributed by atoms with Crippen molar-refractivity contribution in [1.82, 2.24) is 9.88 Å². The van der Waals surface area contributed by atoms with E-state index >= 15 is 0 Å². The second-order valence-corrected chi connectivity index (χ2v) is 9.01. The molecule has 2 aliphatic rings. The van der Waals surface area contributed by atoms with Crippen LogP contribution in [0.25, 0.3) is 22.2 Å². The van der Waals surface area contributed by atoms with Gasteiger partial charge in [0.2, 0.25) is 0 Å². The molecule has 186 valence electrons. The van der Waals surface area contributed by atoms with E-state index in [1.807, 2.05) is 18.2 Å². The summed E-state index contributed by atoms with van der Waals surface area (Å²) in [5, 5.41) is 4.86. The smallest absolute Gasteiger partial charge is 0.118 e. The van der Waals surface area contributed by atoms with E-state index in [1.165, 1.54) is 31.3 Å². The Morgan fingerprint density at radius 3 is 2.53 bits per heavy atom. The first-order valence-corrected chi connectivity index (χ1v) is 11.5. The van der Waals surface area contributed by atoms with Gasteiger partial charge in [0.15, 0.2) is 0 Å². The molecular formula is C26H35Cl3N4O. The monoisotopic (exact) mass is 524 g/mol. The van der Waals surface area contributed by atoms with E-state index in [2.05, 4.69) is 46.6 Å². The number of pyridine rings is 1. The Morgan fingerprint density at radius 2 is 1.79 bits per heavy atom. The number of likely N-dealkylation sites (tertiary alicyclic amines) is 1. The van der Waals surface area contributed by atoms with Crippen molar-refractivity contribution < 1.29 is 4.74 Å². The number of rotatable bonds is 7. The fraction of sp³-hybridized carbons (Fsp3) is 0.423. The standard InChI is InChI=1S/C26H32N4O.3ClH/c1-31-20-10-7-18(8-11-20)25-15-26(21-5-2-3-6-24(21)29-25)28-13-4-14-30-16-19-9-12-23(27)22(19)17-30;;;/h2-3,5-8,10-11,15,19,22-23H,4,9,12-14,16-17,27H2,1H3,(H,28,29);3*1H. The molecule has 3 N–H and O–H groups in total. The number of nitrogens with zero attached hydrogens (tertiary/aromatic N) is 2. The van der Waals surface area contributed by atoms with Gasteiger partial charge in [0, 0.05) is 42.3 Å². The molecule has 2 heterocycles. The van der Waals surface area contributed by atoms with Gasteiger partial charge in [0.25, 0.3) is 0 Å². The van der Waals surface area contributed by atoms with Crippen LogP contribution in [0.5, 0.6) is 5.75 Å². The first-order chi connectivity index (χ1) is 15.2. The normalized spacial score (nSPS) is 21.2. The molecule has 1 saturated carbocycles. The highest BCUT2D eigenvalue weighted by Crippen LogP contribution is 2.37. The highest BCUT2D eigenvalue weighted by atomic mass is 35.5. The minimum absolute atomic E-state index is 0. The maximum atomic E-state index is 6.29. The zero-order valence-corrected chi connectivity index (χ0v) is 21.9. The van der Waals surface area contributed by atoms with Crippen LogP contribution in [0, 0.1) is 11.8 Å². The SMILES string of the molecule is COc1ccc(-c2cc(NCCCN3CC4CCC(N)C4C3)c3ccccc3n2)cc1.Cl.Cl.Cl. The molecule has 2 aromatic carbocycles. The number of ether oxygens (including phenoxy) is 1. The molecule has 3 aromatic rings. The van der Waals surface area contributed by atoms with E-state index in [0.717, 1.165) is 59.6 Å². The molecule has 8 heteroatoms. The summed E-state index contributed by atoms with van der Waals surface area (Å²) in [7, 11) is 1.69. The third-order valence-corrected chi connectivity index (χ3v) is 7.06. The number of benzene rings is 2. The van der Waals surface area contributed by atoms with Crippen molar-refractivity contribution in [3.05, 3.63) is 54.6 Å². The average Bonchev–Trinajstić information content (AvgIpc) is 3.37. The molecule has 34 heavy (non-hydrogen) atoms. The van der Waals surface area contributed by atoms with Crippen molar-refractivity contribution in [1.29, 1.82) is 0 Å². The topological polar surface area (TPSA) is 63.4 Å². The van der Waals surface area contributed by atoms with E-state index in [0.29, 0.717) is 6.04 Å². The van der Waals surface area contributed by atoms with Gasteiger partial charge in [-0.3, -0.25) is 0 Å². The summed E-state index contributed by atoms with van der Waals surface area (Å²) < 4.78 is 5.29. The van der Waals surface area contributed by atoms with Crippen LogP contribution in [0.15, 0.2) is 54.6 Å². The third kappa shape index (κ3) is 6.07. The van der Waals surface area contributed by atoms with Crippen LogP contribution in [0.2, 0.25) is 0 Å². The first-order valence-electron chi connectivity index (χ1n) is 11.5. The molecule has 0 bridgehead atoms. The Labute approximate surface area is 221 Å². The molecule has 5 nitrogen and oxygen atoms in total. The van der Waals surface area contributed by atoms with Gasteiger partial charge >= 0.3 is 0 Å². The number of para-hydroxylation sites is 1. The lowest BCUT2D eigenvalue weighted by Crippen LogP contribution is -2.31. The highest BCUT2D eigenvalue weighted by molar-refractivity contribution is 5.93. The second-order valence-electron chi connectivity index (χ2n) is 9.01. The Balaban J connectivity index is 0.00000136. The van der Waals surface area contributed by atoms with Crippen molar-refractivity contribution in [2.45, 2.75) is 25.3 Å². The van der Waals surface area contributed by atoms with Crippen LogP contribution >= 0.6 is 37.2 Å². The Morgan fingerprint density at radius 1 is 1.03 bits per heavy atom. The number of hydrogen-bond acceptors (Lipinski definition) is 5. The predicted molar refractivity (Wildman–Crippen MR) is 149 cm³/mol. The number of nitrogens with one attached hydrogen (secondary N) is 1. The Hall–Kier alpha value is -1.76. The number of anilines is 1. The molecule has 3 atom stereocenters. The highest BCUT2D eigenvalue weighted by Gasteiger charge is 2.40. The maximum Gasteiger partial charge on any atom is 0.118 e. The molecule has 1 aliphatic carbocycles. The van der Waals surface area contributed by atoms with Crippen LogP contribution in [0.4, 0.5) is 5.69 Å². The van der Waals surface area contributed by atoms with Crippen LogP contribution in [-0.2, 0) is 0 Å². The maximum absolute atomic E-state index is 6.29. The van der Waals surface area contributed by atoms with Crippen LogP contribution in [0.3, 0.4) is 0 Å². The summed E-state index contributed by atoms with van der Waals surface area (Å²) in [5.74, 6) is 2.42. The van der Waals surface area contributed by atoms with Gasteiger partial charge in [-0.05, 0) is 74.0 Å². The molecule has 3 unspecified atom stereocenters. The summed E-state index contributed by atoms with van der Waals surface area (Å²) in [6.45, 7) is 4.51. The summed E-state index contributed by atoms with van der Waals surface area (Å²) >= 11 is 0. The fourth-order valence-corrected chi connectivity index (χ4v) is 5.34. The zero-order valence-electron chi connectivity index (χ0n) is 19.5. The molecule has 1 saturated heterocycles. The van der Waals surface area contributed by atoms with Gasteiger partial charge in [-0.1, -0.05) is 18.2 Å². The number of hydrogen-bond donors (Lipinski definition) is 2. The molecule has 2 fully saturated rings. The van der Waals surface area contributed by atoms with Gasteiger partial charge in [-0.15, -0.1) is 37.2 Å². The minimum atomic E-state index is 0. The van der Waals surface area contributed by atoms with Crippen molar-refractivity contribution in [2.75, 3.05) is 38.6 Å². The number of nitrogens with two attached hydrogens (primary N) is 1. The molecular weight excluding hydrogens is 491 g/mol. The lowest BCUT2D eigenvalue weighted by molar-refractivity contribution is 0.305. The molecule has 0 spiro atoms. The van der Waals surface area contributed by atoms with E-state index in [4.69, 9.17) is 15.5 Å². The number of methoxy groups -OCH3 is 1. The van der Waals surface area contributed by atoms with Crippen molar-refractivity contribution in [3.8, 4) is 17.0 Å². The molecule has 1 aliphatic heterocycles. The number of fused-ring (bicyclic) bond motifs is 2. The van der Waals surface area contributed by atoms with Gasteiger partial charge in [0.1, 0.15) is 5.75 Å². The summed E-state index contributed by atoms with van der Waals surface area (Å²) in [4.78, 5) is 7.51. The summed E-state index contributed by atoms with van der Waals surface area (Å²) in [6, 6.07) is 19.0. The van der Waals surface area contributed by atoms with Crippen molar-refractivity contribution in [3.63, 3.8) is 0 Å². The first kappa shape index (κ1) is 28.5. The largest absolute Gasteiger partial charge is 0.497 e. The zero-order chi connectivity index (χ0) is 21.2. The van der Waals surface area contributed by atoms with Crippen LogP contribution in [-0.4, -0.2) is 49.2 Å². The molecule has 0 radical (unpaired) electrons. The Kier molecular flexibility index (Phi) is 10.7. The number of halogens is 3. The van der Waals surface area contributed by atoms with Gasteiger partial charge in [-0.2, -0.15) is 0 Å². The van der Waals surface area contributed by atoms with E-state index in [1.54, 1.807) is 7.11 Å². The lowest BCUT2D eigenvalue weighted by Gasteiger charge is -2.19. The van der Waals surface area contributed by atoms with E-state index in [-0.39, 0.29) is 37.2 Å². The summed E-state index contributed by atoms with van der Waals surface area (Å²) in [6.07, 6.45) is 3.66. The van der Waals surface area contributed by atoms with Crippen molar-refractivity contribution >= 4 is 53.8 Å². The average molecular weight is 526 g/mol. The third-order valence-electron chi connectivity index (χ3n) is 7.06. The Bertz CT molecular complexity index is 1050. The minimum Gasteiger partial charge on any atom is -0.497 e. The number of aromatic nitrogens is 1. The van der Waals surface area contributed by atoms with Crippen LogP contribution in [0.1, 0.15) is 19.3 Å². The fourth-order valence-electron chi connectivity index (χ4n) is 5.34. The van der Waals surface area contributed by atoms with Gasteiger partial charge < -0.3 is 20.7 Å². The predicted octanol–water partition coefficient (Wildman–Crippen LogP) is 5.65. The molecule has 1 aromatic heterocycles. The van der Waals surface area contributed by atoms with Crippen molar-refractivity contribution in [2.24, 2.45) is 17.6 Å². The van der Waals surface area contributed by atoms with Gasteiger partial charge in [0.05, 0.1) is 18.3 Å². The molecule has 0 amide bonds. The lowest BCUT2D eigenvalue weighted by atomic mass is 9.98. The van der Waals surface area contributed by atoms with E-state index in [9.17, 15) is 0 Å². The van der Waals surface area contributed by atoms with E-state index < -0.39 is 0 Å².